The smallest absolute Gasteiger partial charge is 0.305 e. The van der Waals surface area contributed by atoms with Crippen LogP contribution in [0.5, 0.6) is 0 Å². The molecule has 0 aliphatic carbocycles. The molecule has 0 bridgehead atoms. The fourth-order valence-corrected chi connectivity index (χ4v) is 3.48. The Morgan fingerprint density at radius 1 is 0.742 bits per heavy atom. The highest BCUT2D eigenvalue weighted by atomic mass is 16.5. The van der Waals surface area contributed by atoms with Gasteiger partial charge < -0.3 is 10.1 Å². The molecule has 0 saturated carbocycles. The standard InChI is InChI=1S/C27H49NO3/c1-5-7-9-11-13-15-17-19-21-26(29)28-25(24(3)4)23-31-27(30)22-20-18-16-14-12-10-8-6-2/h5-6,24-25H,1-2,7-23H2,3-4H3,(H,28,29)/t25-/m1/s1. The highest BCUT2D eigenvalue weighted by Crippen LogP contribution is 2.11. The monoisotopic (exact) mass is 435 g/mol. The van der Waals surface area contributed by atoms with E-state index in [1.165, 1.54) is 51.4 Å². The molecule has 4 heteroatoms. The topological polar surface area (TPSA) is 55.4 Å². The van der Waals surface area contributed by atoms with Gasteiger partial charge in [0, 0.05) is 12.8 Å². The molecule has 1 N–H and O–H groups in total. The van der Waals surface area contributed by atoms with E-state index in [2.05, 4.69) is 18.5 Å². The molecule has 0 aliphatic heterocycles. The molecule has 0 aromatic carbocycles. The third-order valence-electron chi connectivity index (χ3n) is 5.68. The minimum atomic E-state index is -0.150. The van der Waals surface area contributed by atoms with Crippen molar-refractivity contribution in [3.05, 3.63) is 25.3 Å². The summed E-state index contributed by atoms with van der Waals surface area (Å²) in [7, 11) is 0. The third-order valence-corrected chi connectivity index (χ3v) is 5.68. The molecule has 31 heavy (non-hydrogen) atoms. The second kappa shape index (κ2) is 21.6. The third kappa shape index (κ3) is 20.1. The van der Waals surface area contributed by atoms with Gasteiger partial charge in [-0.25, -0.2) is 0 Å². The van der Waals surface area contributed by atoms with Crippen LogP contribution < -0.4 is 5.32 Å². The first kappa shape index (κ1) is 29.4. The average molecular weight is 436 g/mol. The number of hydrogen-bond acceptors (Lipinski definition) is 3. The summed E-state index contributed by atoms with van der Waals surface area (Å²) in [6.45, 7) is 11.8. The number of carbonyl (C=O) groups is 2. The molecule has 0 radical (unpaired) electrons. The predicted octanol–water partition coefficient (Wildman–Crippen LogP) is 7.28. The summed E-state index contributed by atoms with van der Waals surface area (Å²) >= 11 is 0. The molecule has 0 aliphatic rings. The van der Waals surface area contributed by atoms with Crippen molar-refractivity contribution >= 4 is 11.9 Å². The molecular formula is C27H49NO3. The highest BCUT2D eigenvalue weighted by Gasteiger charge is 2.18. The zero-order valence-electron chi connectivity index (χ0n) is 20.5. The van der Waals surface area contributed by atoms with Crippen molar-refractivity contribution in [1.82, 2.24) is 5.32 Å². The number of ether oxygens (including phenoxy) is 1. The molecule has 0 aromatic heterocycles. The lowest BCUT2D eigenvalue weighted by Gasteiger charge is -2.22. The van der Waals surface area contributed by atoms with E-state index in [0.717, 1.165) is 38.5 Å². The minimum Gasteiger partial charge on any atom is -0.463 e. The summed E-state index contributed by atoms with van der Waals surface area (Å²) in [6.07, 6.45) is 20.8. The van der Waals surface area contributed by atoms with E-state index < -0.39 is 0 Å². The quantitative estimate of drug-likeness (QED) is 0.110. The van der Waals surface area contributed by atoms with Gasteiger partial charge in [0.1, 0.15) is 6.61 Å². The number of hydrogen-bond donors (Lipinski definition) is 1. The van der Waals surface area contributed by atoms with E-state index in [4.69, 9.17) is 4.74 Å². The van der Waals surface area contributed by atoms with Crippen LogP contribution in [0, 0.1) is 5.92 Å². The highest BCUT2D eigenvalue weighted by molar-refractivity contribution is 5.76. The second-order valence-electron chi connectivity index (χ2n) is 9.00. The van der Waals surface area contributed by atoms with Crippen molar-refractivity contribution in [2.24, 2.45) is 5.92 Å². The Balaban J connectivity index is 3.82. The predicted molar refractivity (Wildman–Crippen MR) is 132 cm³/mol. The molecule has 0 heterocycles. The molecule has 4 nitrogen and oxygen atoms in total. The Labute approximate surface area is 192 Å². The van der Waals surface area contributed by atoms with Crippen molar-refractivity contribution in [2.45, 2.75) is 123 Å². The number of rotatable bonds is 22. The molecule has 0 unspecified atom stereocenters. The molecule has 0 fully saturated rings. The Hall–Kier alpha value is -1.58. The normalized spacial score (nSPS) is 11.8. The van der Waals surface area contributed by atoms with E-state index >= 15 is 0 Å². The number of amides is 1. The van der Waals surface area contributed by atoms with Gasteiger partial charge in [-0.2, -0.15) is 0 Å². The van der Waals surface area contributed by atoms with E-state index in [-0.39, 0.29) is 30.4 Å². The maximum atomic E-state index is 12.2. The zero-order valence-corrected chi connectivity index (χ0v) is 20.5. The van der Waals surface area contributed by atoms with Crippen LogP contribution in [-0.2, 0) is 14.3 Å². The minimum absolute atomic E-state index is 0.0675. The number of unbranched alkanes of at least 4 members (excludes halogenated alkanes) is 12. The van der Waals surface area contributed by atoms with Crippen LogP contribution in [0.25, 0.3) is 0 Å². The van der Waals surface area contributed by atoms with Crippen LogP contribution in [0.15, 0.2) is 25.3 Å². The second-order valence-corrected chi connectivity index (χ2v) is 9.00. The van der Waals surface area contributed by atoms with Crippen LogP contribution in [0.4, 0.5) is 0 Å². The van der Waals surface area contributed by atoms with E-state index in [0.29, 0.717) is 12.8 Å². The summed E-state index contributed by atoms with van der Waals surface area (Å²) in [5.41, 5.74) is 0. The lowest BCUT2D eigenvalue weighted by molar-refractivity contribution is -0.145. The first-order chi connectivity index (χ1) is 15.0. The largest absolute Gasteiger partial charge is 0.463 e. The van der Waals surface area contributed by atoms with Gasteiger partial charge in [0.05, 0.1) is 6.04 Å². The van der Waals surface area contributed by atoms with Gasteiger partial charge in [-0.05, 0) is 44.4 Å². The summed E-state index contributed by atoms with van der Waals surface area (Å²) in [5.74, 6) is 0.151. The fraction of sp³-hybridized carbons (Fsp3) is 0.778. The molecule has 0 spiro atoms. The Bertz CT molecular complexity index is 473. The Morgan fingerprint density at radius 3 is 1.68 bits per heavy atom. The van der Waals surface area contributed by atoms with Gasteiger partial charge in [0.15, 0.2) is 0 Å². The van der Waals surface area contributed by atoms with Crippen molar-refractivity contribution in [3.8, 4) is 0 Å². The van der Waals surface area contributed by atoms with Gasteiger partial charge in [0.2, 0.25) is 5.91 Å². The molecule has 1 atom stereocenters. The van der Waals surface area contributed by atoms with Gasteiger partial charge >= 0.3 is 5.97 Å². The van der Waals surface area contributed by atoms with Crippen molar-refractivity contribution in [3.63, 3.8) is 0 Å². The Morgan fingerprint density at radius 2 is 1.19 bits per heavy atom. The van der Waals surface area contributed by atoms with Gasteiger partial charge in [-0.15, -0.1) is 13.2 Å². The molecule has 1 amide bonds. The van der Waals surface area contributed by atoms with Crippen molar-refractivity contribution in [1.29, 1.82) is 0 Å². The molecular weight excluding hydrogens is 386 g/mol. The first-order valence-electron chi connectivity index (χ1n) is 12.7. The van der Waals surface area contributed by atoms with Crippen LogP contribution in [0.1, 0.15) is 117 Å². The van der Waals surface area contributed by atoms with Crippen molar-refractivity contribution < 1.29 is 14.3 Å². The van der Waals surface area contributed by atoms with Gasteiger partial charge in [0.25, 0.3) is 0 Å². The van der Waals surface area contributed by atoms with Crippen molar-refractivity contribution in [2.75, 3.05) is 6.61 Å². The Kier molecular flexibility index (Phi) is 20.5. The molecule has 0 saturated heterocycles. The first-order valence-corrected chi connectivity index (χ1v) is 12.7. The van der Waals surface area contributed by atoms with Crippen LogP contribution in [0.3, 0.4) is 0 Å². The number of esters is 1. The maximum Gasteiger partial charge on any atom is 0.305 e. The average Bonchev–Trinajstić information content (AvgIpc) is 2.74. The van der Waals surface area contributed by atoms with Crippen LogP contribution >= 0.6 is 0 Å². The van der Waals surface area contributed by atoms with E-state index in [9.17, 15) is 9.59 Å². The number of nitrogens with one attached hydrogen (secondary N) is 1. The van der Waals surface area contributed by atoms with Gasteiger partial charge in [-0.1, -0.05) is 77.4 Å². The maximum absolute atomic E-state index is 12.2. The SMILES string of the molecule is C=CCCCCCCCCC(=O)N[C@H](COC(=O)CCCCCCCCC=C)C(C)C. The van der Waals surface area contributed by atoms with E-state index in [1.807, 2.05) is 26.0 Å². The van der Waals surface area contributed by atoms with Gasteiger partial charge in [-0.3, -0.25) is 9.59 Å². The molecule has 0 rings (SSSR count). The summed E-state index contributed by atoms with van der Waals surface area (Å²) in [4.78, 5) is 24.3. The summed E-state index contributed by atoms with van der Waals surface area (Å²) in [6, 6.07) is -0.111. The fourth-order valence-electron chi connectivity index (χ4n) is 3.48. The summed E-state index contributed by atoms with van der Waals surface area (Å²) < 4.78 is 5.44. The lowest BCUT2D eigenvalue weighted by Crippen LogP contribution is -2.42. The van der Waals surface area contributed by atoms with E-state index in [1.54, 1.807) is 0 Å². The molecule has 0 aromatic rings. The summed E-state index contributed by atoms with van der Waals surface area (Å²) in [5, 5.41) is 3.06. The van der Waals surface area contributed by atoms with Crippen LogP contribution in [0.2, 0.25) is 0 Å². The van der Waals surface area contributed by atoms with Crippen LogP contribution in [-0.4, -0.2) is 24.5 Å². The number of carbonyl (C=O) groups excluding carboxylic acids is 2. The lowest BCUT2D eigenvalue weighted by atomic mass is 10.0. The molecule has 180 valence electrons. The number of allylic oxidation sites excluding steroid dienone is 2. The zero-order chi connectivity index (χ0) is 23.2.